The molecule has 0 saturated carbocycles. The van der Waals surface area contributed by atoms with E-state index >= 15 is 0 Å². The van der Waals surface area contributed by atoms with Crippen molar-refractivity contribution < 1.29 is 17.9 Å². The summed E-state index contributed by atoms with van der Waals surface area (Å²) in [6.07, 6.45) is 0. The van der Waals surface area contributed by atoms with Crippen molar-refractivity contribution in [1.82, 2.24) is 0 Å². The molecule has 0 unspecified atom stereocenters. The minimum Gasteiger partial charge on any atom is -0.495 e. The van der Waals surface area contributed by atoms with E-state index in [0.29, 0.717) is 16.9 Å². The molecule has 0 aromatic heterocycles. The van der Waals surface area contributed by atoms with Crippen molar-refractivity contribution in [3.05, 3.63) is 47.5 Å². The number of ether oxygens (including phenoxy) is 1. The van der Waals surface area contributed by atoms with E-state index in [1.54, 1.807) is 43.3 Å². The van der Waals surface area contributed by atoms with Gasteiger partial charge in [-0.05, 0) is 49.2 Å². The maximum atomic E-state index is 12.8. The Morgan fingerprint density at radius 1 is 1.08 bits per heavy atom. The van der Waals surface area contributed by atoms with Gasteiger partial charge in [0.15, 0.2) is 0 Å². The predicted molar refractivity (Wildman–Crippen MR) is 94.0 cm³/mol. The summed E-state index contributed by atoms with van der Waals surface area (Å²) in [5.74, 6) is 0.0593. The van der Waals surface area contributed by atoms with Gasteiger partial charge in [-0.3, -0.25) is 9.52 Å². The molecular weight excluding hydrogens is 328 g/mol. The molecule has 24 heavy (non-hydrogen) atoms. The quantitative estimate of drug-likeness (QED) is 0.870. The highest BCUT2D eigenvalue weighted by molar-refractivity contribution is 7.92. The summed E-state index contributed by atoms with van der Waals surface area (Å²) in [7, 11) is -2.40. The lowest BCUT2D eigenvalue weighted by Crippen LogP contribution is -2.16. The third-order valence-electron chi connectivity index (χ3n) is 3.31. The van der Waals surface area contributed by atoms with Gasteiger partial charge in [0.1, 0.15) is 10.6 Å². The zero-order valence-electron chi connectivity index (χ0n) is 14.0. The van der Waals surface area contributed by atoms with Gasteiger partial charge in [-0.25, -0.2) is 8.42 Å². The number of hydrogen-bond acceptors (Lipinski definition) is 4. The Labute approximate surface area is 141 Å². The Bertz CT molecular complexity index is 876. The number of sulfonamides is 1. The second kappa shape index (κ2) is 6.92. The molecule has 0 fully saturated rings. The summed E-state index contributed by atoms with van der Waals surface area (Å²) in [4.78, 5) is 11.2. The molecule has 0 heterocycles. The molecule has 0 bridgehead atoms. The lowest BCUT2D eigenvalue weighted by molar-refractivity contribution is -0.114. The number of aryl methyl sites for hydroxylation is 2. The molecular formula is C17H20N2O4S. The van der Waals surface area contributed by atoms with Crippen molar-refractivity contribution in [3.8, 4) is 5.75 Å². The van der Waals surface area contributed by atoms with Gasteiger partial charge >= 0.3 is 0 Å². The SMILES string of the molecule is COc1cc(C)cc(C)c1S(=O)(=O)Nc1cccc(NC(C)=O)c1. The monoisotopic (exact) mass is 348 g/mol. The molecule has 0 aliphatic carbocycles. The van der Waals surface area contributed by atoms with Crippen molar-refractivity contribution in [2.45, 2.75) is 25.7 Å². The molecule has 0 atom stereocenters. The molecule has 0 aliphatic rings. The van der Waals surface area contributed by atoms with Crippen molar-refractivity contribution in [1.29, 1.82) is 0 Å². The largest absolute Gasteiger partial charge is 0.495 e. The van der Waals surface area contributed by atoms with E-state index < -0.39 is 10.0 Å². The number of carbonyl (C=O) groups is 1. The van der Waals surface area contributed by atoms with Crippen LogP contribution in [-0.4, -0.2) is 21.4 Å². The van der Waals surface area contributed by atoms with E-state index in [-0.39, 0.29) is 16.6 Å². The van der Waals surface area contributed by atoms with E-state index in [1.807, 2.05) is 6.92 Å². The molecule has 0 saturated heterocycles. The average Bonchev–Trinajstić information content (AvgIpc) is 2.44. The van der Waals surface area contributed by atoms with Crippen LogP contribution >= 0.6 is 0 Å². The molecule has 0 radical (unpaired) electrons. The van der Waals surface area contributed by atoms with Crippen LogP contribution in [0, 0.1) is 13.8 Å². The van der Waals surface area contributed by atoms with Crippen LogP contribution in [-0.2, 0) is 14.8 Å². The minimum atomic E-state index is -3.84. The van der Waals surface area contributed by atoms with Crippen LogP contribution in [0.5, 0.6) is 5.75 Å². The van der Waals surface area contributed by atoms with Crippen molar-refractivity contribution in [3.63, 3.8) is 0 Å². The van der Waals surface area contributed by atoms with Gasteiger partial charge in [-0.1, -0.05) is 12.1 Å². The number of hydrogen-bond donors (Lipinski definition) is 2. The molecule has 128 valence electrons. The van der Waals surface area contributed by atoms with Crippen LogP contribution in [0.25, 0.3) is 0 Å². The van der Waals surface area contributed by atoms with Crippen LogP contribution in [0.4, 0.5) is 11.4 Å². The summed E-state index contributed by atoms with van der Waals surface area (Å²) in [5.41, 5.74) is 2.37. The van der Waals surface area contributed by atoms with Gasteiger partial charge in [0, 0.05) is 12.6 Å². The zero-order valence-corrected chi connectivity index (χ0v) is 14.8. The summed E-state index contributed by atoms with van der Waals surface area (Å²) < 4.78 is 33.3. The Hall–Kier alpha value is -2.54. The highest BCUT2D eigenvalue weighted by atomic mass is 32.2. The van der Waals surface area contributed by atoms with E-state index in [9.17, 15) is 13.2 Å². The smallest absolute Gasteiger partial charge is 0.265 e. The van der Waals surface area contributed by atoms with Crippen LogP contribution in [0.15, 0.2) is 41.3 Å². The van der Waals surface area contributed by atoms with Crippen molar-refractivity contribution in [2.24, 2.45) is 0 Å². The van der Waals surface area contributed by atoms with E-state index in [2.05, 4.69) is 10.0 Å². The van der Waals surface area contributed by atoms with E-state index in [4.69, 9.17) is 4.74 Å². The van der Waals surface area contributed by atoms with Gasteiger partial charge in [0.2, 0.25) is 5.91 Å². The fraction of sp³-hybridized carbons (Fsp3) is 0.235. The van der Waals surface area contributed by atoms with Gasteiger partial charge in [0.05, 0.1) is 12.8 Å². The number of anilines is 2. The third-order valence-corrected chi connectivity index (χ3v) is 4.87. The number of rotatable bonds is 5. The molecule has 2 N–H and O–H groups in total. The third kappa shape index (κ3) is 4.05. The standard InChI is InChI=1S/C17H20N2O4S/c1-11-8-12(2)17(16(9-11)23-4)24(21,22)19-15-7-5-6-14(10-15)18-13(3)20/h5-10,19H,1-4H3,(H,18,20). The molecule has 2 rings (SSSR count). The van der Waals surface area contributed by atoms with Gasteiger partial charge in [-0.15, -0.1) is 0 Å². The first-order chi connectivity index (χ1) is 11.2. The second-order valence-corrected chi connectivity index (χ2v) is 7.10. The Kier molecular flexibility index (Phi) is 5.14. The lowest BCUT2D eigenvalue weighted by atomic mass is 10.1. The first kappa shape index (κ1) is 17.8. The Balaban J connectivity index is 2.41. The van der Waals surface area contributed by atoms with Crippen LogP contribution in [0.1, 0.15) is 18.1 Å². The van der Waals surface area contributed by atoms with E-state index in [0.717, 1.165) is 5.56 Å². The first-order valence-electron chi connectivity index (χ1n) is 7.28. The number of nitrogens with one attached hydrogen (secondary N) is 2. The van der Waals surface area contributed by atoms with Crippen LogP contribution < -0.4 is 14.8 Å². The van der Waals surface area contributed by atoms with Crippen LogP contribution in [0.2, 0.25) is 0 Å². The Morgan fingerprint density at radius 2 is 1.75 bits per heavy atom. The highest BCUT2D eigenvalue weighted by Crippen LogP contribution is 2.30. The lowest BCUT2D eigenvalue weighted by Gasteiger charge is -2.15. The van der Waals surface area contributed by atoms with Gasteiger partial charge < -0.3 is 10.1 Å². The maximum absolute atomic E-state index is 12.8. The highest BCUT2D eigenvalue weighted by Gasteiger charge is 2.23. The number of methoxy groups -OCH3 is 1. The predicted octanol–water partition coefficient (Wildman–Crippen LogP) is 3.07. The fourth-order valence-electron chi connectivity index (χ4n) is 2.48. The molecule has 7 heteroatoms. The minimum absolute atomic E-state index is 0.0977. The number of carbonyl (C=O) groups excluding carboxylic acids is 1. The summed E-state index contributed by atoms with van der Waals surface area (Å²) in [5, 5.41) is 2.61. The van der Waals surface area contributed by atoms with Gasteiger partial charge in [-0.2, -0.15) is 0 Å². The number of amides is 1. The normalized spacial score (nSPS) is 11.0. The molecule has 1 amide bonds. The molecule has 2 aromatic rings. The van der Waals surface area contributed by atoms with E-state index in [1.165, 1.54) is 14.0 Å². The summed E-state index contributed by atoms with van der Waals surface area (Å²) in [6.45, 7) is 4.98. The topological polar surface area (TPSA) is 84.5 Å². The molecule has 0 spiro atoms. The summed E-state index contributed by atoms with van der Waals surface area (Å²) in [6, 6.07) is 9.95. The molecule has 6 nitrogen and oxygen atoms in total. The zero-order chi connectivity index (χ0) is 17.9. The second-order valence-electron chi connectivity index (χ2n) is 5.48. The first-order valence-corrected chi connectivity index (χ1v) is 8.77. The molecule has 2 aromatic carbocycles. The average molecular weight is 348 g/mol. The number of benzene rings is 2. The van der Waals surface area contributed by atoms with Crippen molar-refractivity contribution in [2.75, 3.05) is 17.1 Å². The van der Waals surface area contributed by atoms with Crippen molar-refractivity contribution >= 4 is 27.3 Å². The fourth-order valence-corrected chi connectivity index (χ4v) is 3.91. The Morgan fingerprint density at radius 3 is 2.38 bits per heavy atom. The summed E-state index contributed by atoms with van der Waals surface area (Å²) >= 11 is 0. The molecule has 0 aliphatic heterocycles. The van der Waals surface area contributed by atoms with Crippen LogP contribution in [0.3, 0.4) is 0 Å². The van der Waals surface area contributed by atoms with Gasteiger partial charge in [0.25, 0.3) is 10.0 Å². The maximum Gasteiger partial charge on any atom is 0.265 e.